The molecule has 1 heteroatoms. The van der Waals surface area contributed by atoms with E-state index in [-0.39, 0.29) is 0 Å². The lowest BCUT2D eigenvalue weighted by atomic mass is 9.82. The van der Waals surface area contributed by atoms with Gasteiger partial charge in [0.05, 0.1) is 6.07 Å². The molecule has 0 N–H and O–H groups in total. The Labute approximate surface area is 75.8 Å². The zero-order valence-corrected chi connectivity index (χ0v) is 8.05. The third-order valence-corrected chi connectivity index (χ3v) is 2.90. The van der Waals surface area contributed by atoms with Crippen molar-refractivity contribution in [3.63, 3.8) is 0 Å². The molecule has 1 aliphatic carbocycles. The summed E-state index contributed by atoms with van der Waals surface area (Å²) >= 11 is 0. The van der Waals surface area contributed by atoms with Crippen LogP contribution in [0.2, 0.25) is 0 Å². The molecule has 0 saturated heterocycles. The summed E-state index contributed by atoms with van der Waals surface area (Å²) in [6.45, 7) is 2.21. The third-order valence-electron chi connectivity index (χ3n) is 2.90. The van der Waals surface area contributed by atoms with Gasteiger partial charge in [-0.05, 0) is 18.3 Å². The van der Waals surface area contributed by atoms with Crippen molar-refractivity contribution in [1.82, 2.24) is 0 Å². The number of rotatable bonds is 3. The molecule has 0 spiro atoms. The molecule has 1 rings (SSSR count). The van der Waals surface area contributed by atoms with E-state index < -0.39 is 0 Å². The highest BCUT2D eigenvalue weighted by atomic mass is 14.3. The van der Waals surface area contributed by atoms with E-state index in [1.807, 2.05) is 0 Å². The first-order valence-corrected chi connectivity index (χ1v) is 5.20. The molecule has 1 aliphatic rings. The van der Waals surface area contributed by atoms with E-state index in [0.717, 1.165) is 12.3 Å². The Morgan fingerprint density at radius 1 is 1.33 bits per heavy atom. The van der Waals surface area contributed by atoms with E-state index in [1.165, 1.54) is 38.5 Å². The van der Waals surface area contributed by atoms with Crippen LogP contribution >= 0.6 is 0 Å². The maximum atomic E-state index is 8.52. The van der Waals surface area contributed by atoms with Gasteiger partial charge in [0.1, 0.15) is 0 Å². The monoisotopic (exact) mass is 165 g/mol. The van der Waals surface area contributed by atoms with Crippen LogP contribution in [0, 0.1) is 23.2 Å². The van der Waals surface area contributed by atoms with Gasteiger partial charge in [0.25, 0.3) is 0 Å². The summed E-state index contributed by atoms with van der Waals surface area (Å²) in [5.41, 5.74) is 0. The molecule has 0 heterocycles. The SMILES string of the molecule is CC(CC#N)CC1CCCCC1. The second kappa shape index (κ2) is 5.19. The van der Waals surface area contributed by atoms with Crippen LogP contribution in [0.15, 0.2) is 0 Å². The lowest BCUT2D eigenvalue weighted by molar-refractivity contribution is 0.298. The maximum absolute atomic E-state index is 8.52. The average molecular weight is 165 g/mol. The van der Waals surface area contributed by atoms with Crippen LogP contribution in [0.4, 0.5) is 0 Å². The average Bonchev–Trinajstić information content (AvgIpc) is 2.06. The first-order valence-electron chi connectivity index (χ1n) is 5.20. The Bertz CT molecular complexity index is 151. The standard InChI is InChI=1S/C11H19N/c1-10(7-8-12)9-11-5-3-2-4-6-11/h10-11H,2-7,9H2,1H3. The summed E-state index contributed by atoms with van der Waals surface area (Å²) in [6, 6.07) is 2.26. The zero-order chi connectivity index (χ0) is 8.81. The molecule has 1 nitrogen and oxygen atoms in total. The Kier molecular flexibility index (Phi) is 4.14. The van der Waals surface area contributed by atoms with Gasteiger partial charge in [-0.15, -0.1) is 0 Å². The van der Waals surface area contributed by atoms with Gasteiger partial charge in [0, 0.05) is 6.42 Å². The maximum Gasteiger partial charge on any atom is 0.0624 e. The molecule has 1 unspecified atom stereocenters. The molecule has 1 atom stereocenters. The van der Waals surface area contributed by atoms with E-state index in [9.17, 15) is 0 Å². The molecule has 0 aromatic carbocycles. The summed E-state index contributed by atoms with van der Waals surface area (Å²) in [6.07, 6.45) is 9.13. The van der Waals surface area contributed by atoms with Crippen LogP contribution in [0.1, 0.15) is 51.9 Å². The molecule has 0 amide bonds. The number of nitrogens with zero attached hydrogens (tertiary/aromatic N) is 1. The molecule has 12 heavy (non-hydrogen) atoms. The lowest BCUT2D eigenvalue weighted by Crippen LogP contribution is -2.10. The highest BCUT2D eigenvalue weighted by Crippen LogP contribution is 2.29. The van der Waals surface area contributed by atoms with Crippen molar-refractivity contribution >= 4 is 0 Å². The molecule has 0 radical (unpaired) electrons. The molecular formula is C11H19N. The number of hydrogen-bond acceptors (Lipinski definition) is 1. The van der Waals surface area contributed by atoms with Crippen LogP contribution in [-0.4, -0.2) is 0 Å². The van der Waals surface area contributed by atoms with Crippen molar-refractivity contribution < 1.29 is 0 Å². The Morgan fingerprint density at radius 2 is 2.00 bits per heavy atom. The van der Waals surface area contributed by atoms with Gasteiger partial charge >= 0.3 is 0 Å². The van der Waals surface area contributed by atoms with Gasteiger partial charge in [-0.3, -0.25) is 0 Å². The third kappa shape index (κ3) is 3.26. The zero-order valence-electron chi connectivity index (χ0n) is 8.05. The fourth-order valence-corrected chi connectivity index (χ4v) is 2.23. The summed E-state index contributed by atoms with van der Waals surface area (Å²) in [5.74, 6) is 1.56. The lowest BCUT2D eigenvalue weighted by Gasteiger charge is -2.23. The van der Waals surface area contributed by atoms with Crippen LogP contribution in [0.3, 0.4) is 0 Å². The fourth-order valence-electron chi connectivity index (χ4n) is 2.23. The summed E-state index contributed by atoms with van der Waals surface area (Å²) < 4.78 is 0. The molecule has 0 bridgehead atoms. The quantitative estimate of drug-likeness (QED) is 0.627. The normalized spacial score (nSPS) is 21.7. The first-order chi connectivity index (χ1) is 5.83. The minimum absolute atomic E-state index is 0.623. The smallest absolute Gasteiger partial charge is 0.0624 e. The minimum atomic E-state index is 0.623. The molecule has 0 aromatic heterocycles. The van der Waals surface area contributed by atoms with Crippen molar-refractivity contribution in [3.8, 4) is 6.07 Å². The van der Waals surface area contributed by atoms with E-state index in [2.05, 4.69) is 13.0 Å². The molecule has 1 fully saturated rings. The number of hydrogen-bond donors (Lipinski definition) is 0. The highest BCUT2D eigenvalue weighted by molar-refractivity contribution is 4.76. The van der Waals surface area contributed by atoms with Crippen LogP contribution < -0.4 is 0 Å². The van der Waals surface area contributed by atoms with E-state index in [4.69, 9.17) is 5.26 Å². The van der Waals surface area contributed by atoms with Crippen LogP contribution in [0.5, 0.6) is 0 Å². The Hall–Kier alpha value is -0.510. The Balaban J connectivity index is 2.16. The molecular weight excluding hydrogens is 146 g/mol. The molecule has 0 aromatic rings. The minimum Gasteiger partial charge on any atom is -0.198 e. The predicted octanol–water partition coefficient (Wildman–Crippen LogP) is 3.51. The van der Waals surface area contributed by atoms with Crippen molar-refractivity contribution in [3.05, 3.63) is 0 Å². The summed E-state index contributed by atoms with van der Waals surface area (Å²) in [7, 11) is 0. The van der Waals surface area contributed by atoms with Crippen molar-refractivity contribution in [2.75, 3.05) is 0 Å². The van der Waals surface area contributed by atoms with Crippen LogP contribution in [-0.2, 0) is 0 Å². The summed E-state index contributed by atoms with van der Waals surface area (Å²) in [4.78, 5) is 0. The highest BCUT2D eigenvalue weighted by Gasteiger charge is 2.15. The predicted molar refractivity (Wildman–Crippen MR) is 50.6 cm³/mol. The van der Waals surface area contributed by atoms with E-state index in [1.54, 1.807) is 0 Å². The van der Waals surface area contributed by atoms with Gasteiger partial charge in [0.2, 0.25) is 0 Å². The summed E-state index contributed by atoms with van der Waals surface area (Å²) in [5, 5.41) is 8.52. The topological polar surface area (TPSA) is 23.8 Å². The second-order valence-corrected chi connectivity index (χ2v) is 4.21. The van der Waals surface area contributed by atoms with Crippen LogP contribution in [0.25, 0.3) is 0 Å². The van der Waals surface area contributed by atoms with E-state index in [0.29, 0.717) is 5.92 Å². The van der Waals surface area contributed by atoms with Gasteiger partial charge in [-0.1, -0.05) is 39.0 Å². The molecule has 68 valence electrons. The number of nitriles is 1. The molecule has 0 aliphatic heterocycles. The second-order valence-electron chi connectivity index (χ2n) is 4.21. The first kappa shape index (κ1) is 9.58. The fraction of sp³-hybridized carbons (Fsp3) is 0.909. The van der Waals surface area contributed by atoms with Crippen molar-refractivity contribution in [1.29, 1.82) is 5.26 Å². The Morgan fingerprint density at radius 3 is 2.58 bits per heavy atom. The van der Waals surface area contributed by atoms with Crippen molar-refractivity contribution in [2.45, 2.75) is 51.9 Å². The van der Waals surface area contributed by atoms with E-state index >= 15 is 0 Å². The molecule has 1 saturated carbocycles. The van der Waals surface area contributed by atoms with Gasteiger partial charge < -0.3 is 0 Å². The van der Waals surface area contributed by atoms with Gasteiger partial charge in [-0.2, -0.15) is 5.26 Å². The largest absolute Gasteiger partial charge is 0.198 e. The van der Waals surface area contributed by atoms with Crippen molar-refractivity contribution in [2.24, 2.45) is 11.8 Å². The van der Waals surface area contributed by atoms with Gasteiger partial charge in [0.15, 0.2) is 0 Å². The van der Waals surface area contributed by atoms with Gasteiger partial charge in [-0.25, -0.2) is 0 Å².